The van der Waals surface area contributed by atoms with E-state index in [1.807, 2.05) is 0 Å². The van der Waals surface area contributed by atoms with Crippen molar-refractivity contribution in [3.8, 4) is 0 Å². The van der Waals surface area contributed by atoms with Crippen LogP contribution in [0.4, 0.5) is 0 Å². The van der Waals surface area contributed by atoms with E-state index in [-0.39, 0.29) is 92.3 Å². The Balaban J connectivity index is -0.00000000396. The first-order valence-corrected chi connectivity index (χ1v) is 1.34. The minimum atomic E-state index is 0. The van der Waals surface area contributed by atoms with Crippen molar-refractivity contribution in [2.45, 2.75) is 0 Å². The van der Waals surface area contributed by atoms with Crippen LogP contribution in [0, 0.1) is 71.0 Å². The third kappa shape index (κ3) is 1730000. The minimum absolute atomic E-state index is 0. The summed E-state index contributed by atoms with van der Waals surface area (Å²) in [5.41, 5.74) is 0. The van der Waals surface area contributed by atoms with Gasteiger partial charge < -0.3 is 71.0 Å². The molecule has 0 aromatic rings. The van der Waals surface area contributed by atoms with E-state index in [1.165, 1.54) is 0 Å². The largest absolute Gasteiger partial charge is 2.00 e. The molecule has 0 rings (SSSR count). The second-order valence-corrected chi connectivity index (χ2v) is 0. The topological polar surface area (TPSA) is 143 Å². The molecule has 0 aliphatic carbocycles. The van der Waals surface area contributed by atoms with Crippen molar-refractivity contribution >= 4 is 75.5 Å². The number of hydrogen-bond donors (Lipinski definition) is 0. The molecule has 0 unspecified atom stereocenters. The van der Waals surface area contributed by atoms with Crippen molar-refractivity contribution in [3.05, 3.63) is 39.4 Å². The molecule has 0 saturated heterocycles. The van der Waals surface area contributed by atoms with E-state index in [0.717, 1.165) is 0 Å². The van der Waals surface area contributed by atoms with Gasteiger partial charge in [-0.2, -0.15) is 0 Å². The Morgan fingerprint density at radius 3 is 0.333 bits per heavy atom. The molecule has 67 valence electrons. The molecule has 15 heavy (non-hydrogen) atoms. The first-order valence-electron chi connectivity index (χ1n) is 1.34. The van der Waals surface area contributed by atoms with Crippen molar-refractivity contribution in [1.82, 2.24) is 0 Å². The molecule has 0 atom stereocenters. The summed E-state index contributed by atoms with van der Waals surface area (Å²) >= 11 is 0. The fourth-order valence-corrected chi connectivity index (χ4v) is 0. The van der Waals surface area contributed by atoms with Crippen LogP contribution < -0.4 is 0 Å². The maximum atomic E-state index is 6.25. The molecule has 0 aromatic carbocycles. The van der Waals surface area contributed by atoms with Crippen LogP contribution in [0.2, 0.25) is 0 Å². The van der Waals surface area contributed by atoms with Gasteiger partial charge >= 0.3 is 92.3 Å². The van der Waals surface area contributed by atoms with E-state index in [1.54, 1.807) is 0 Å². The number of hydrogen-bond acceptors (Lipinski definition) is 6. The summed E-state index contributed by atoms with van der Waals surface area (Å²) in [5, 5.41) is 37.5. The Morgan fingerprint density at radius 1 is 0.333 bits per heavy atom. The summed E-state index contributed by atoms with van der Waals surface area (Å²) in [6, 6.07) is 0. The second kappa shape index (κ2) is 2030000. The van der Waals surface area contributed by atoms with Crippen molar-refractivity contribution in [2.24, 2.45) is 0 Å². The van der Waals surface area contributed by atoms with Gasteiger partial charge in [-0.3, -0.25) is 0 Å². The Bertz CT molecular complexity index is 101. The van der Waals surface area contributed by atoms with Gasteiger partial charge in [0.2, 0.25) is 0 Å². The molecule has 0 spiro atoms. The van der Waals surface area contributed by atoms with Crippen LogP contribution in [0.5, 0.6) is 0 Å². The van der Waals surface area contributed by atoms with Gasteiger partial charge in [0.05, 0.1) is 0 Å². The van der Waals surface area contributed by atoms with Crippen LogP contribution in [0.25, 0.3) is 0 Å². The standard InChI is InChI=1S/6CN.2Ca.Co/c6*1-2;;;/q6*-1;3*+2. The molecule has 0 fully saturated rings. The monoisotopic (exact) mass is 295 g/mol. The van der Waals surface area contributed by atoms with Gasteiger partial charge in [-0.1, -0.05) is 0 Å². The average Bonchev–Trinajstić information content (AvgIpc) is 2.33. The van der Waals surface area contributed by atoms with E-state index in [2.05, 4.69) is 0 Å². The zero-order valence-electron chi connectivity index (χ0n) is 7.43. The predicted octanol–water partition coefficient (Wildman–Crippen LogP) is -0.186. The Kier molecular flexibility index (Phi) is 11100000. The third-order valence-corrected chi connectivity index (χ3v) is 0. The van der Waals surface area contributed by atoms with Gasteiger partial charge in [-0.25, -0.2) is 0 Å². The van der Waals surface area contributed by atoms with E-state index < -0.39 is 0 Å². The summed E-state index contributed by atoms with van der Waals surface area (Å²) in [5.74, 6) is 0. The number of nitrogens with zero attached hydrogens (tertiary/aromatic N) is 6. The minimum Gasteiger partial charge on any atom is -0.512 e. The van der Waals surface area contributed by atoms with Crippen LogP contribution in [-0.4, -0.2) is 75.5 Å². The first kappa shape index (κ1) is 82.0. The Labute approximate surface area is 161 Å². The van der Waals surface area contributed by atoms with Gasteiger partial charge in [0.1, 0.15) is 0 Å². The average molecular weight is 295 g/mol. The summed E-state index contributed by atoms with van der Waals surface area (Å²) in [4.78, 5) is 0. The number of rotatable bonds is 0. The van der Waals surface area contributed by atoms with Gasteiger partial charge in [-0.05, 0) is 0 Å². The smallest absolute Gasteiger partial charge is 0.512 e. The maximum absolute atomic E-state index is 6.25. The van der Waals surface area contributed by atoms with Crippen LogP contribution in [-0.2, 0) is 16.8 Å². The molecular formula is C6Ca2CoN6. The molecule has 0 bridgehead atoms. The predicted molar refractivity (Wildman–Crippen MR) is 41.3 cm³/mol. The van der Waals surface area contributed by atoms with Gasteiger partial charge in [0, 0.05) is 0 Å². The zero-order chi connectivity index (χ0) is 12.0. The second-order valence-electron chi connectivity index (χ2n) is 0. The van der Waals surface area contributed by atoms with Crippen LogP contribution >= 0.6 is 0 Å². The Morgan fingerprint density at radius 2 is 0.333 bits per heavy atom. The molecule has 0 amide bonds. The van der Waals surface area contributed by atoms with E-state index >= 15 is 0 Å². The first-order chi connectivity index (χ1) is 6.00. The van der Waals surface area contributed by atoms with Crippen LogP contribution in [0.1, 0.15) is 0 Å². The molecule has 0 heterocycles. The molecule has 0 saturated carbocycles. The normalized spacial score (nSPS) is 0.800. The third-order valence-electron chi connectivity index (χ3n) is 0. The van der Waals surface area contributed by atoms with Crippen LogP contribution in [0.3, 0.4) is 0 Å². The molecule has 0 aliphatic rings. The summed E-state index contributed by atoms with van der Waals surface area (Å²) in [6.07, 6.45) is 0. The molecule has 9 heteroatoms. The molecule has 0 N–H and O–H groups in total. The van der Waals surface area contributed by atoms with Crippen LogP contribution in [0.15, 0.2) is 0 Å². The maximum Gasteiger partial charge on any atom is 2.00 e. The quantitative estimate of drug-likeness (QED) is 0.447. The van der Waals surface area contributed by atoms with Gasteiger partial charge in [0.25, 0.3) is 0 Å². The van der Waals surface area contributed by atoms with Crippen molar-refractivity contribution in [2.75, 3.05) is 0 Å². The summed E-state index contributed by atoms with van der Waals surface area (Å²) in [6.45, 7) is 28.5. The van der Waals surface area contributed by atoms with Gasteiger partial charge in [-0.15, -0.1) is 0 Å². The molecule has 6 nitrogen and oxygen atoms in total. The van der Waals surface area contributed by atoms with E-state index in [0.29, 0.717) is 0 Å². The molecule has 0 aromatic heterocycles. The Hall–Kier alpha value is -0.0340. The molecular weight excluding hydrogens is 295 g/mol. The zero-order valence-corrected chi connectivity index (χ0v) is 12.9. The van der Waals surface area contributed by atoms with E-state index in [4.69, 9.17) is 71.0 Å². The SMILES string of the molecule is [C-]#N.[C-]#N.[C-]#N.[C-]#N.[C-]#N.[C-]#N.[Ca+2].[Ca+2].[Co+2]. The van der Waals surface area contributed by atoms with Crippen molar-refractivity contribution < 1.29 is 16.8 Å². The molecule has 0 aliphatic heterocycles. The molecule has 1 radical (unpaired) electrons. The van der Waals surface area contributed by atoms with Crippen molar-refractivity contribution in [1.29, 1.82) is 31.6 Å². The fraction of sp³-hybridized carbons (Fsp3) is 0. The van der Waals surface area contributed by atoms with E-state index in [9.17, 15) is 0 Å². The fourth-order valence-electron chi connectivity index (χ4n) is 0. The van der Waals surface area contributed by atoms with Crippen molar-refractivity contribution in [3.63, 3.8) is 0 Å². The summed E-state index contributed by atoms with van der Waals surface area (Å²) < 4.78 is 0. The summed E-state index contributed by atoms with van der Waals surface area (Å²) in [7, 11) is 0. The van der Waals surface area contributed by atoms with Gasteiger partial charge in [0.15, 0.2) is 0 Å².